The number of sulfonamides is 1. The van der Waals surface area contributed by atoms with Gasteiger partial charge in [0, 0.05) is 16.7 Å². The molecule has 202 valence electrons. The summed E-state index contributed by atoms with van der Waals surface area (Å²) in [7, 11) is -4.05. The molecule has 0 fully saturated rings. The number of carbonyl (C=O) groups excluding carboxylic acids is 1. The number of nitrogens with one attached hydrogen (secondary N) is 1. The first-order valence-electron chi connectivity index (χ1n) is 13.4. The number of para-hydroxylation sites is 1. The van der Waals surface area contributed by atoms with Gasteiger partial charge in [0.25, 0.3) is 15.9 Å². The van der Waals surface area contributed by atoms with Crippen molar-refractivity contribution in [1.29, 1.82) is 0 Å². The van der Waals surface area contributed by atoms with Crippen molar-refractivity contribution in [2.24, 2.45) is 0 Å². The molecule has 0 saturated heterocycles. The van der Waals surface area contributed by atoms with Crippen molar-refractivity contribution in [3.8, 4) is 0 Å². The fourth-order valence-electron chi connectivity index (χ4n) is 5.21. The van der Waals surface area contributed by atoms with E-state index in [1.165, 1.54) is 4.31 Å². The summed E-state index contributed by atoms with van der Waals surface area (Å²) in [5.74, 6) is -0.221. The number of anilines is 1. The third kappa shape index (κ3) is 4.94. The Hall–Kier alpha value is -4.94. The van der Waals surface area contributed by atoms with Gasteiger partial charge in [-0.15, -0.1) is 0 Å². The molecule has 1 amide bonds. The van der Waals surface area contributed by atoms with Crippen molar-refractivity contribution in [2.75, 3.05) is 4.31 Å². The molecule has 1 aliphatic heterocycles. The van der Waals surface area contributed by atoms with Crippen LogP contribution in [0.25, 0.3) is 11.3 Å². The molecule has 6 rings (SSSR count). The van der Waals surface area contributed by atoms with Crippen LogP contribution in [-0.4, -0.2) is 14.3 Å². The lowest BCUT2D eigenvalue weighted by atomic mass is 9.91. The normalized spacial score (nSPS) is 14.7. The summed E-state index contributed by atoms with van der Waals surface area (Å²) < 4.78 is 30.6. The lowest BCUT2D eigenvalue weighted by Crippen LogP contribution is -2.35. The number of benzene rings is 5. The zero-order valence-corrected chi connectivity index (χ0v) is 23.3. The van der Waals surface area contributed by atoms with Crippen LogP contribution in [-0.2, 0) is 10.0 Å². The Morgan fingerprint density at radius 3 is 1.83 bits per heavy atom. The molecule has 1 N–H and O–H groups in total. The molecule has 0 aliphatic carbocycles. The lowest BCUT2D eigenvalue weighted by Gasteiger charge is -2.35. The van der Waals surface area contributed by atoms with E-state index in [4.69, 9.17) is 0 Å². The van der Waals surface area contributed by atoms with Gasteiger partial charge in [-0.05, 0) is 53.9 Å². The van der Waals surface area contributed by atoms with Crippen molar-refractivity contribution in [2.45, 2.75) is 17.9 Å². The molecule has 1 unspecified atom stereocenters. The Morgan fingerprint density at radius 2 is 1.22 bits per heavy atom. The van der Waals surface area contributed by atoms with Crippen molar-refractivity contribution in [1.82, 2.24) is 5.32 Å². The molecule has 0 bridgehead atoms. The molecule has 1 atom stereocenters. The van der Waals surface area contributed by atoms with Crippen LogP contribution in [0.2, 0.25) is 0 Å². The highest BCUT2D eigenvalue weighted by molar-refractivity contribution is 7.93. The average molecular weight is 557 g/mol. The van der Waals surface area contributed by atoms with E-state index in [1.807, 2.05) is 116 Å². The third-order valence-electron chi connectivity index (χ3n) is 7.22. The van der Waals surface area contributed by atoms with E-state index in [0.717, 1.165) is 16.7 Å². The summed E-state index contributed by atoms with van der Waals surface area (Å²) in [6.07, 6.45) is 0. The van der Waals surface area contributed by atoms with Gasteiger partial charge < -0.3 is 5.32 Å². The molecule has 41 heavy (non-hydrogen) atoms. The maximum Gasteiger partial charge on any atom is 0.269 e. The number of carbonyl (C=O) groups is 1. The van der Waals surface area contributed by atoms with E-state index in [1.54, 1.807) is 30.3 Å². The van der Waals surface area contributed by atoms with Crippen LogP contribution >= 0.6 is 0 Å². The average Bonchev–Trinajstić information content (AvgIpc) is 3.02. The molecular formula is C35H28N2O3S. The maximum absolute atomic E-state index is 14.6. The first kappa shape index (κ1) is 26.3. The Morgan fingerprint density at radius 1 is 0.683 bits per heavy atom. The van der Waals surface area contributed by atoms with Gasteiger partial charge in [-0.1, -0.05) is 109 Å². The van der Waals surface area contributed by atoms with Crippen LogP contribution in [0.5, 0.6) is 0 Å². The molecule has 6 heteroatoms. The van der Waals surface area contributed by atoms with Gasteiger partial charge in [-0.2, -0.15) is 0 Å². The van der Waals surface area contributed by atoms with Gasteiger partial charge in [-0.3, -0.25) is 4.79 Å². The van der Waals surface area contributed by atoms with Crippen LogP contribution in [0.15, 0.2) is 144 Å². The lowest BCUT2D eigenvalue weighted by molar-refractivity contribution is 0.0940. The minimum absolute atomic E-state index is 0.193. The van der Waals surface area contributed by atoms with Crippen molar-refractivity contribution in [3.05, 3.63) is 167 Å². The van der Waals surface area contributed by atoms with Crippen molar-refractivity contribution in [3.63, 3.8) is 0 Å². The second-order valence-corrected chi connectivity index (χ2v) is 11.6. The zero-order chi connectivity index (χ0) is 28.4. The van der Waals surface area contributed by atoms with Crippen LogP contribution in [0.1, 0.15) is 45.6 Å². The molecule has 0 saturated carbocycles. The highest BCUT2D eigenvalue weighted by atomic mass is 32.2. The summed E-state index contributed by atoms with van der Waals surface area (Å²) in [6, 6.07) is 42.6. The van der Waals surface area contributed by atoms with E-state index in [2.05, 4.69) is 5.32 Å². The van der Waals surface area contributed by atoms with E-state index < -0.39 is 16.1 Å². The van der Waals surface area contributed by atoms with E-state index in [0.29, 0.717) is 28.1 Å². The predicted octanol–water partition coefficient (Wildman–Crippen LogP) is 7.30. The minimum Gasteiger partial charge on any atom is -0.346 e. The van der Waals surface area contributed by atoms with Crippen molar-refractivity contribution >= 4 is 32.9 Å². The first-order valence-corrected chi connectivity index (χ1v) is 14.8. The molecule has 0 aromatic heterocycles. The second-order valence-electron chi connectivity index (χ2n) is 9.88. The highest BCUT2D eigenvalue weighted by Crippen LogP contribution is 2.46. The molecule has 5 nitrogen and oxygen atoms in total. The van der Waals surface area contributed by atoms with E-state index in [9.17, 15) is 13.2 Å². The predicted molar refractivity (Wildman–Crippen MR) is 164 cm³/mol. The highest BCUT2D eigenvalue weighted by Gasteiger charge is 2.39. The molecule has 1 heterocycles. The molecule has 5 aromatic rings. The second kappa shape index (κ2) is 10.9. The molecule has 0 radical (unpaired) electrons. The van der Waals surface area contributed by atoms with Gasteiger partial charge in [0.2, 0.25) is 0 Å². The number of amides is 1. The Kier molecular flexibility index (Phi) is 7.00. The largest absolute Gasteiger partial charge is 0.346 e. The molecule has 0 spiro atoms. The fourth-order valence-corrected chi connectivity index (χ4v) is 6.98. The fraction of sp³-hybridized carbons (Fsp3) is 0.0571. The van der Waals surface area contributed by atoms with Gasteiger partial charge in [0.15, 0.2) is 0 Å². The summed E-state index contributed by atoms with van der Waals surface area (Å²) in [5, 5.41) is 3.01. The van der Waals surface area contributed by atoms with Gasteiger partial charge >= 0.3 is 0 Å². The van der Waals surface area contributed by atoms with Crippen LogP contribution in [0, 0.1) is 0 Å². The van der Waals surface area contributed by atoms with Gasteiger partial charge in [0.1, 0.15) is 0 Å². The third-order valence-corrected chi connectivity index (χ3v) is 8.98. The monoisotopic (exact) mass is 556 g/mol. The van der Waals surface area contributed by atoms with Crippen LogP contribution in [0.4, 0.5) is 5.69 Å². The molecule has 5 aromatic carbocycles. The summed E-state index contributed by atoms with van der Waals surface area (Å²) in [4.78, 5) is 13.1. The number of hydrogen-bond donors (Lipinski definition) is 1. The van der Waals surface area contributed by atoms with Crippen LogP contribution in [0.3, 0.4) is 0 Å². The van der Waals surface area contributed by atoms with E-state index >= 15 is 0 Å². The molecule has 1 aliphatic rings. The molecular weight excluding hydrogens is 528 g/mol. The zero-order valence-electron chi connectivity index (χ0n) is 22.4. The summed E-state index contributed by atoms with van der Waals surface area (Å²) in [5.41, 5.74) is 5.50. The number of hydrogen-bond acceptors (Lipinski definition) is 3. The topological polar surface area (TPSA) is 66.5 Å². The summed E-state index contributed by atoms with van der Waals surface area (Å²) >= 11 is 0. The van der Waals surface area contributed by atoms with Gasteiger partial charge in [-0.25, -0.2) is 12.7 Å². The Bertz CT molecular complexity index is 1840. The van der Waals surface area contributed by atoms with Crippen molar-refractivity contribution < 1.29 is 13.2 Å². The van der Waals surface area contributed by atoms with E-state index in [-0.39, 0.29) is 10.8 Å². The maximum atomic E-state index is 14.6. The number of rotatable bonds is 6. The SMILES string of the molecule is CC(NC(=O)c1ccccc1)c1ccc2c(c1)S(=O)(=O)N(c1ccccc1)C(c1ccccc1)=C2c1ccccc1. The number of fused-ring (bicyclic) bond motifs is 1. The minimum atomic E-state index is -4.05. The number of nitrogens with zero attached hydrogens (tertiary/aromatic N) is 1. The standard InChI is InChI=1S/C35H28N2O3S/c1-25(36-35(38)28-18-10-4-11-19-28)29-22-23-31-32(24-29)41(39,40)37(30-20-12-5-13-21-30)34(27-16-8-3-9-17-27)33(31)26-14-6-2-7-15-26/h2-25H,1H3,(H,36,38). The summed E-state index contributed by atoms with van der Waals surface area (Å²) in [6.45, 7) is 1.86. The Labute approximate surface area is 240 Å². The first-order chi connectivity index (χ1) is 19.9. The smallest absolute Gasteiger partial charge is 0.269 e. The van der Waals surface area contributed by atoms with Crippen LogP contribution < -0.4 is 9.62 Å². The van der Waals surface area contributed by atoms with Gasteiger partial charge in [0.05, 0.1) is 22.3 Å². The quantitative estimate of drug-likeness (QED) is 0.239. The Balaban J connectivity index is 1.57.